The Balaban J connectivity index is 1.39. The maximum atomic E-state index is 13.0. The van der Waals surface area contributed by atoms with Gasteiger partial charge in [0.2, 0.25) is 0 Å². The van der Waals surface area contributed by atoms with Gasteiger partial charge in [0.25, 0.3) is 5.91 Å². The number of aliphatic imine (C=N–C) groups is 1. The molecule has 0 aliphatic carbocycles. The van der Waals surface area contributed by atoms with Crippen molar-refractivity contribution in [1.82, 2.24) is 14.9 Å². The fourth-order valence-electron chi connectivity index (χ4n) is 4.50. The predicted octanol–water partition coefficient (Wildman–Crippen LogP) is 4.11. The number of anilines is 1. The maximum Gasteiger partial charge on any atom is 0.274 e. The minimum absolute atomic E-state index is 0.201. The molecule has 1 fully saturated rings. The Labute approximate surface area is 188 Å². The van der Waals surface area contributed by atoms with Crippen LogP contribution < -0.4 is 5.32 Å². The monoisotopic (exact) mass is 425 g/mol. The number of nitrogens with zero attached hydrogens (tertiary/aromatic N) is 4. The molecule has 0 atom stereocenters. The van der Waals surface area contributed by atoms with E-state index in [0.29, 0.717) is 17.9 Å². The van der Waals surface area contributed by atoms with E-state index < -0.39 is 0 Å². The molecule has 162 valence electrons. The van der Waals surface area contributed by atoms with E-state index in [-0.39, 0.29) is 5.91 Å². The number of piperidine rings is 1. The van der Waals surface area contributed by atoms with Gasteiger partial charge in [-0.2, -0.15) is 0 Å². The molecule has 0 bridgehead atoms. The average molecular weight is 426 g/mol. The standard InChI is InChI=1S/C26H27N5O/c32-26(30-23-5-4-9-27-17-23)25-24-14-21(7-6-20(24)8-10-29-25)22-13-19(15-28-16-22)18-31-11-2-1-3-12-31/h4-7,9,13-17H,1-3,8,10-12,18H2,(H,30,32). The summed E-state index contributed by atoms with van der Waals surface area (Å²) in [6, 6.07) is 12.2. The van der Waals surface area contributed by atoms with Gasteiger partial charge in [0, 0.05) is 42.8 Å². The zero-order chi connectivity index (χ0) is 21.8. The van der Waals surface area contributed by atoms with Crippen LogP contribution in [0.25, 0.3) is 11.1 Å². The van der Waals surface area contributed by atoms with Crippen molar-refractivity contribution in [3.8, 4) is 11.1 Å². The molecule has 0 saturated carbocycles. The lowest BCUT2D eigenvalue weighted by atomic mass is 9.93. The summed E-state index contributed by atoms with van der Waals surface area (Å²) in [4.78, 5) is 28.6. The number of amides is 1. The Bertz CT molecular complexity index is 1140. The lowest BCUT2D eigenvalue weighted by molar-refractivity contribution is -0.110. The Hall–Kier alpha value is -3.38. The predicted molar refractivity (Wildman–Crippen MR) is 127 cm³/mol. The number of fused-ring (bicyclic) bond motifs is 1. The fraction of sp³-hybridized carbons (Fsp3) is 0.308. The second kappa shape index (κ2) is 9.40. The number of likely N-dealkylation sites (tertiary alicyclic amines) is 1. The first-order chi connectivity index (χ1) is 15.8. The summed E-state index contributed by atoms with van der Waals surface area (Å²) >= 11 is 0. The van der Waals surface area contributed by atoms with Crippen LogP contribution in [0.1, 0.15) is 36.0 Å². The summed E-state index contributed by atoms with van der Waals surface area (Å²) in [6.07, 6.45) is 11.9. The number of rotatable bonds is 5. The van der Waals surface area contributed by atoms with Crippen LogP contribution in [-0.2, 0) is 17.8 Å². The third-order valence-corrected chi connectivity index (χ3v) is 6.13. The minimum atomic E-state index is -0.201. The molecular formula is C26H27N5O. The molecule has 0 radical (unpaired) electrons. The number of nitrogens with one attached hydrogen (secondary N) is 1. The molecule has 0 unspecified atom stereocenters. The van der Waals surface area contributed by atoms with Crippen molar-refractivity contribution in [2.75, 3.05) is 25.0 Å². The molecule has 5 rings (SSSR count). The van der Waals surface area contributed by atoms with Gasteiger partial charge in [0.1, 0.15) is 5.71 Å². The van der Waals surface area contributed by atoms with Gasteiger partial charge in [-0.3, -0.25) is 24.7 Å². The van der Waals surface area contributed by atoms with Gasteiger partial charge in [-0.1, -0.05) is 18.6 Å². The van der Waals surface area contributed by atoms with Gasteiger partial charge in [-0.15, -0.1) is 0 Å². The number of hydrogen-bond acceptors (Lipinski definition) is 5. The first kappa shape index (κ1) is 20.5. The molecule has 32 heavy (non-hydrogen) atoms. The summed E-state index contributed by atoms with van der Waals surface area (Å²) in [7, 11) is 0. The van der Waals surface area contributed by atoms with Crippen LogP contribution in [0.3, 0.4) is 0 Å². The van der Waals surface area contributed by atoms with Gasteiger partial charge in [0.15, 0.2) is 0 Å². The highest BCUT2D eigenvalue weighted by molar-refractivity contribution is 6.49. The Morgan fingerprint density at radius 1 is 0.969 bits per heavy atom. The lowest BCUT2D eigenvalue weighted by Crippen LogP contribution is -2.29. The third kappa shape index (κ3) is 4.60. The van der Waals surface area contributed by atoms with E-state index >= 15 is 0 Å². The molecule has 3 aromatic rings. The zero-order valence-electron chi connectivity index (χ0n) is 18.1. The van der Waals surface area contributed by atoms with Gasteiger partial charge < -0.3 is 5.32 Å². The van der Waals surface area contributed by atoms with Crippen LogP contribution in [0.5, 0.6) is 0 Å². The summed E-state index contributed by atoms with van der Waals surface area (Å²) in [5, 5.41) is 2.92. The number of pyridine rings is 2. The van der Waals surface area contributed by atoms with Crippen LogP contribution in [0.15, 0.2) is 66.2 Å². The Kier molecular flexibility index (Phi) is 6.03. The van der Waals surface area contributed by atoms with E-state index in [9.17, 15) is 4.79 Å². The fourth-order valence-corrected chi connectivity index (χ4v) is 4.50. The van der Waals surface area contributed by atoms with Gasteiger partial charge in [-0.05, 0) is 73.3 Å². The molecule has 6 heteroatoms. The highest BCUT2D eigenvalue weighted by atomic mass is 16.1. The second-order valence-corrected chi connectivity index (χ2v) is 8.47. The van der Waals surface area contributed by atoms with Crippen LogP contribution in [0, 0.1) is 0 Å². The molecule has 2 aliphatic heterocycles. The summed E-state index contributed by atoms with van der Waals surface area (Å²) < 4.78 is 0. The number of carbonyl (C=O) groups is 1. The second-order valence-electron chi connectivity index (χ2n) is 8.47. The molecule has 1 N–H and O–H groups in total. The normalized spacial score (nSPS) is 16.2. The van der Waals surface area contributed by atoms with Crippen LogP contribution >= 0.6 is 0 Å². The quantitative estimate of drug-likeness (QED) is 0.668. The van der Waals surface area contributed by atoms with Crippen molar-refractivity contribution in [3.05, 3.63) is 77.9 Å². The molecule has 2 aliphatic rings. The average Bonchev–Trinajstić information content (AvgIpc) is 2.85. The van der Waals surface area contributed by atoms with E-state index in [4.69, 9.17) is 0 Å². The molecule has 4 heterocycles. The summed E-state index contributed by atoms with van der Waals surface area (Å²) in [6.45, 7) is 3.88. The number of carbonyl (C=O) groups excluding carboxylic acids is 1. The van der Waals surface area contributed by atoms with Gasteiger partial charge in [0.05, 0.1) is 11.9 Å². The smallest absolute Gasteiger partial charge is 0.274 e. The highest BCUT2D eigenvalue weighted by Crippen LogP contribution is 2.26. The topological polar surface area (TPSA) is 70.5 Å². The van der Waals surface area contributed by atoms with E-state index in [1.165, 1.54) is 24.8 Å². The molecule has 0 spiro atoms. The summed E-state index contributed by atoms with van der Waals surface area (Å²) in [5.41, 5.74) is 6.55. The molecule has 2 aromatic heterocycles. The van der Waals surface area contributed by atoms with Crippen LogP contribution in [-0.4, -0.2) is 46.1 Å². The SMILES string of the molecule is O=C(Nc1cccnc1)C1=NCCc2ccc(-c3cncc(CN4CCCCC4)c3)cc21. The van der Waals surface area contributed by atoms with Crippen molar-refractivity contribution in [2.24, 2.45) is 4.99 Å². The van der Waals surface area contributed by atoms with Crippen LogP contribution in [0.2, 0.25) is 0 Å². The molecular weight excluding hydrogens is 398 g/mol. The number of benzene rings is 1. The van der Waals surface area contributed by atoms with E-state index in [2.05, 4.69) is 49.4 Å². The minimum Gasteiger partial charge on any atom is -0.319 e. The largest absolute Gasteiger partial charge is 0.319 e. The van der Waals surface area contributed by atoms with Gasteiger partial charge in [-0.25, -0.2) is 0 Å². The van der Waals surface area contributed by atoms with Crippen molar-refractivity contribution in [1.29, 1.82) is 0 Å². The van der Waals surface area contributed by atoms with Gasteiger partial charge >= 0.3 is 0 Å². The maximum absolute atomic E-state index is 13.0. The van der Waals surface area contributed by atoms with Crippen LogP contribution in [0.4, 0.5) is 5.69 Å². The molecule has 6 nitrogen and oxygen atoms in total. The number of aromatic nitrogens is 2. The van der Waals surface area contributed by atoms with Crippen molar-refractivity contribution < 1.29 is 4.79 Å². The van der Waals surface area contributed by atoms with E-state index in [1.807, 2.05) is 18.5 Å². The Morgan fingerprint density at radius 2 is 1.88 bits per heavy atom. The molecule has 1 aromatic carbocycles. The van der Waals surface area contributed by atoms with E-state index in [1.54, 1.807) is 18.5 Å². The number of hydrogen-bond donors (Lipinski definition) is 1. The van der Waals surface area contributed by atoms with Crippen molar-refractivity contribution in [2.45, 2.75) is 32.2 Å². The lowest BCUT2D eigenvalue weighted by Gasteiger charge is -2.26. The first-order valence-corrected chi connectivity index (χ1v) is 11.3. The third-order valence-electron chi connectivity index (χ3n) is 6.13. The first-order valence-electron chi connectivity index (χ1n) is 11.3. The molecule has 1 amide bonds. The summed E-state index contributed by atoms with van der Waals surface area (Å²) in [5.74, 6) is -0.201. The van der Waals surface area contributed by atoms with Crippen molar-refractivity contribution in [3.63, 3.8) is 0 Å². The van der Waals surface area contributed by atoms with Crippen molar-refractivity contribution >= 4 is 17.3 Å². The molecule has 1 saturated heterocycles. The zero-order valence-corrected chi connectivity index (χ0v) is 18.1. The van der Waals surface area contributed by atoms with E-state index in [0.717, 1.165) is 48.3 Å². The Morgan fingerprint density at radius 3 is 2.72 bits per heavy atom. The highest BCUT2D eigenvalue weighted by Gasteiger charge is 2.22.